The van der Waals surface area contributed by atoms with E-state index in [1.54, 1.807) is 54.6 Å². The standard InChI is InChI=1S/C23H22N2O3/c1-3-28-21-13-12-18(14-16(21)2)23(27)25-20-11-7-10-19(15-20)24-22(26)17-8-5-4-6-9-17/h4-15H,3H2,1-2H3,(H,24,26)(H,25,27). The van der Waals surface area contributed by atoms with Crippen LogP contribution in [-0.2, 0) is 0 Å². The van der Waals surface area contributed by atoms with Crippen LogP contribution < -0.4 is 15.4 Å². The summed E-state index contributed by atoms with van der Waals surface area (Å²) in [4.78, 5) is 24.8. The number of anilines is 2. The molecule has 0 aliphatic heterocycles. The first-order valence-electron chi connectivity index (χ1n) is 9.08. The maximum Gasteiger partial charge on any atom is 0.255 e. The molecule has 0 aromatic heterocycles. The third-order valence-electron chi connectivity index (χ3n) is 4.15. The monoisotopic (exact) mass is 374 g/mol. The van der Waals surface area contributed by atoms with Crippen LogP contribution in [0.5, 0.6) is 5.75 Å². The fourth-order valence-electron chi connectivity index (χ4n) is 2.78. The average Bonchev–Trinajstić information content (AvgIpc) is 2.70. The fraction of sp³-hybridized carbons (Fsp3) is 0.130. The van der Waals surface area contributed by atoms with E-state index in [2.05, 4.69) is 10.6 Å². The molecule has 0 spiro atoms. The Morgan fingerprint density at radius 1 is 0.786 bits per heavy atom. The van der Waals surface area contributed by atoms with Gasteiger partial charge in [0.1, 0.15) is 5.75 Å². The van der Waals surface area contributed by atoms with E-state index < -0.39 is 0 Å². The summed E-state index contributed by atoms with van der Waals surface area (Å²) in [5, 5.41) is 5.69. The smallest absolute Gasteiger partial charge is 0.255 e. The van der Waals surface area contributed by atoms with Crippen LogP contribution in [0.4, 0.5) is 11.4 Å². The van der Waals surface area contributed by atoms with E-state index in [4.69, 9.17) is 4.74 Å². The minimum atomic E-state index is -0.224. The zero-order chi connectivity index (χ0) is 19.9. The molecule has 5 heteroatoms. The second-order valence-corrected chi connectivity index (χ2v) is 6.27. The Balaban J connectivity index is 1.69. The molecule has 0 atom stereocenters. The molecule has 3 aromatic carbocycles. The van der Waals surface area contributed by atoms with E-state index in [-0.39, 0.29) is 11.8 Å². The largest absolute Gasteiger partial charge is 0.494 e. The third kappa shape index (κ3) is 4.76. The second-order valence-electron chi connectivity index (χ2n) is 6.27. The van der Waals surface area contributed by atoms with Crippen LogP contribution in [0.15, 0.2) is 72.8 Å². The van der Waals surface area contributed by atoms with E-state index in [0.29, 0.717) is 29.1 Å². The molecule has 28 heavy (non-hydrogen) atoms. The molecule has 0 saturated heterocycles. The van der Waals surface area contributed by atoms with Crippen molar-refractivity contribution in [1.29, 1.82) is 0 Å². The molecule has 3 rings (SSSR count). The predicted octanol–water partition coefficient (Wildman–Crippen LogP) is 4.90. The number of amides is 2. The first kappa shape index (κ1) is 19.2. The van der Waals surface area contributed by atoms with Gasteiger partial charge in [-0.25, -0.2) is 0 Å². The number of aryl methyl sites for hydroxylation is 1. The minimum Gasteiger partial charge on any atom is -0.494 e. The summed E-state index contributed by atoms with van der Waals surface area (Å²) in [6.07, 6.45) is 0. The molecular weight excluding hydrogens is 352 g/mol. The van der Waals surface area contributed by atoms with E-state index >= 15 is 0 Å². The molecule has 0 aliphatic rings. The molecule has 0 heterocycles. The molecule has 0 radical (unpaired) electrons. The first-order valence-corrected chi connectivity index (χ1v) is 9.08. The highest BCUT2D eigenvalue weighted by atomic mass is 16.5. The highest BCUT2D eigenvalue weighted by molar-refractivity contribution is 6.06. The fourth-order valence-corrected chi connectivity index (χ4v) is 2.78. The molecule has 5 nitrogen and oxygen atoms in total. The summed E-state index contributed by atoms with van der Waals surface area (Å²) in [5.41, 5.74) is 3.22. The highest BCUT2D eigenvalue weighted by Crippen LogP contribution is 2.21. The van der Waals surface area contributed by atoms with Crippen molar-refractivity contribution in [1.82, 2.24) is 0 Å². The summed E-state index contributed by atoms with van der Waals surface area (Å²) in [6.45, 7) is 4.40. The zero-order valence-electron chi connectivity index (χ0n) is 15.9. The Bertz CT molecular complexity index is 984. The molecule has 142 valence electrons. The van der Waals surface area contributed by atoms with Gasteiger partial charge in [-0.1, -0.05) is 24.3 Å². The molecule has 0 unspecified atom stereocenters. The molecule has 0 fully saturated rings. The topological polar surface area (TPSA) is 67.4 Å². The van der Waals surface area contributed by atoms with Gasteiger partial charge in [-0.3, -0.25) is 9.59 Å². The summed E-state index contributed by atoms with van der Waals surface area (Å²) < 4.78 is 5.51. The number of carbonyl (C=O) groups excluding carboxylic acids is 2. The summed E-state index contributed by atoms with van der Waals surface area (Å²) in [5.74, 6) is 0.341. The van der Waals surface area contributed by atoms with Crippen LogP contribution in [0.1, 0.15) is 33.2 Å². The lowest BCUT2D eigenvalue weighted by atomic mass is 10.1. The van der Waals surface area contributed by atoms with Gasteiger partial charge in [0, 0.05) is 22.5 Å². The Kier molecular flexibility index (Phi) is 6.07. The SMILES string of the molecule is CCOc1ccc(C(=O)Nc2cccc(NC(=O)c3ccccc3)c2)cc1C. The molecule has 2 amide bonds. The van der Waals surface area contributed by atoms with Crippen LogP contribution >= 0.6 is 0 Å². The van der Waals surface area contributed by atoms with Gasteiger partial charge in [-0.15, -0.1) is 0 Å². The van der Waals surface area contributed by atoms with Crippen LogP contribution in [0.25, 0.3) is 0 Å². The number of rotatable bonds is 6. The van der Waals surface area contributed by atoms with Gasteiger partial charge < -0.3 is 15.4 Å². The lowest BCUT2D eigenvalue weighted by Gasteiger charge is -2.11. The van der Waals surface area contributed by atoms with Crippen LogP contribution in [0.2, 0.25) is 0 Å². The van der Waals surface area contributed by atoms with Crippen molar-refractivity contribution >= 4 is 23.2 Å². The van der Waals surface area contributed by atoms with Crippen LogP contribution in [0.3, 0.4) is 0 Å². The lowest BCUT2D eigenvalue weighted by Crippen LogP contribution is -2.14. The van der Waals surface area contributed by atoms with Crippen molar-refractivity contribution in [3.05, 3.63) is 89.5 Å². The number of nitrogens with one attached hydrogen (secondary N) is 2. The van der Waals surface area contributed by atoms with Gasteiger partial charge in [-0.2, -0.15) is 0 Å². The molecule has 0 saturated carbocycles. The summed E-state index contributed by atoms with van der Waals surface area (Å²) >= 11 is 0. The summed E-state index contributed by atoms with van der Waals surface area (Å²) in [7, 11) is 0. The number of hydrogen-bond acceptors (Lipinski definition) is 3. The quantitative estimate of drug-likeness (QED) is 0.645. The molecule has 2 N–H and O–H groups in total. The second kappa shape index (κ2) is 8.86. The van der Waals surface area contributed by atoms with Gasteiger partial charge >= 0.3 is 0 Å². The molecule has 0 bridgehead atoms. The maximum absolute atomic E-state index is 12.6. The van der Waals surface area contributed by atoms with E-state index in [1.165, 1.54) is 0 Å². The Hall–Kier alpha value is -3.60. The van der Waals surface area contributed by atoms with E-state index in [1.807, 2.05) is 32.0 Å². The van der Waals surface area contributed by atoms with E-state index in [0.717, 1.165) is 11.3 Å². The minimum absolute atomic E-state index is 0.203. The first-order chi connectivity index (χ1) is 13.6. The molecule has 3 aromatic rings. The van der Waals surface area contributed by atoms with Gasteiger partial charge in [0.25, 0.3) is 11.8 Å². The third-order valence-corrected chi connectivity index (χ3v) is 4.15. The maximum atomic E-state index is 12.6. The van der Waals surface area contributed by atoms with Gasteiger partial charge in [0.2, 0.25) is 0 Å². The zero-order valence-corrected chi connectivity index (χ0v) is 15.9. The van der Waals surface area contributed by atoms with E-state index in [9.17, 15) is 9.59 Å². The van der Waals surface area contributed by atoms with Crippen molar-refractivity contribution in [3.63, 3.8) is 0 Å². The van der Waals surface area contributed by atoms with Gasteiger partial charge in [0.05, 0.1) is 6.61 Å². The van der Waals surface area contributed by atoms with Crippen molar-refractivity contribution in [2.75, 3.05) is 17.2 Å². The predicted molar refractivity (Wildman–Crippen MR) is 111 cm³/mol. The van der Waals surface area contributed by atoms with Crippen molar-refractivity contribution in [3.8, 4) is 5.75 Å². The Labute approximate surface area is 164 Å². The normalized spacial score (nSPS) is 10.2. The number of hydrogen-bond donors (Lipinski definition) is 2. The van der Waals surface area contributed by atoms with Crippen molar-refractivity contribution in [2.45, 2.75) is 13.8 Å². The average molecular weight is 374 g/mol. The summed E-state index contributed by atoms with van der Waals surface area (Å²) in [6, 6.07) is 21.3. The van der Waals surface area contributed by atoms with Crippen LogP contribution in [0, 0.1) is 6.92 Å². The van der Waals surface area contributed by atoms with Crippen molar-refractivity contribution in [2.24, 2.45) is 0 Å². The lowest BCUT2D eigenvalue weighted by molar-refractivity contribution is 0.101. The van der Waals surface area contributed by atoms with Crippen molar-refractivity contribution < 1.29 is 14.3 Å². The van der Waals surface area contributed by atoms with Crippen LogP contribution in [-0.4, -0.2) is 18.4 Å². The molecular formula is C23H22N2O3. The molecule has 0 aliphatic carbocycles. The number of carbonyl (C=O) groups is 2. The number of benzene rings is 3. The number of ether oxygens (including phenoxy) is 1. The Morgan fingerprint density at radius 3 is 2.04 bits per heavy atom. The Morgan fingerprint density at radius 2 is 1.43 bits per heavy atom. The van der Waals surface area contributed by atoms with Gasteiger partial charge in [0.15, 0.2) is 0 Å². The van der Waals surface area contributed by atoms with Gasteiger partial charge in [-0.05, 0) is 67.9 Å². The highest BCUT2D eigenvalue weighted by Gasteiger charge is 2.10.